The van der Waals surface area contributed by atoms with Gasteiger partial charge in [-0.1, -0.05) is 6.08 Å². The van der Waals surface area contributed by atoms with E-state index in [1.165, 1.54) is 12.8 Å². The monoisotopic (exact) mass is 243 g/mol. The SMILES string of the molecule is C=C(N=C/C(Br)=C\C)OCC1CC1. The van der Waals surface area contributed by atoms with Crippen LogP contribution >= 0.6 is 15.9 Å². The molecule has 0 amide bonds. The highest BCUT2D eigenvalue weighted by atomic mass is 79.9. The molecule has 0 unspecified atom stereocenters. The lowest BCUT2D eigenvalue weighted by atomic mass is 10.5. The van der Waals surface area contributed by atoms with E-state index in [2.05, 4.69) is 27.5 Å². The Balaban J connectivity index is 2.18. The summed E-state index contributed by atoms with van der Waals surface area (Å²) in [6, 6.07) is 0. The lowest BCUT2D eigenvalue weighted by Gasteiger charge is -2.01. The smallest absolute Gasteiger partial charge is 0.205 e. The average Bonchev–Trinajstić information content (AvgIpc) is 2.94. The van der Waals surface area contributed by atoms with Crippen LogP contribution < -0.4 is 0 Å². The summed E-state index contributed by atoms with van der Waals surface area (Å²) in [5.41, 5.74) is 0. The van der Waals surface area contributed by atoms with Crippen molar-refractivity contribution >= 4 is 22.1 Å². The Morgan fingerprint density at radius 3 is 2.92 bits per heavy atom. The molecular formula is C10H14BrNO. The van der Waals surface area contributed by atoms with Gasteiger partial charge < -0.3 is 4.74 Å². The molecule has 0 aromatic heterocycles. The lowest BCUT2D eigenvalue weighted by Crippen LogP contribution is -1.93. The number of hydrogen-bond donors (Lipinski definition) is 0. The standard InChI is InChI=1S/C10H14BrNO/c1-3-10(11)6-12-8(2)13-7-9-4-5-9/h3,6,9H,2,4-5,7H2,1H3/b10-3+,12-6?. The van der Waals surface area contributed by atoms with Crippen molar-refractivity contribution < 1.29 is 4.74 Å². The molecule has 1 aliphatic carbocycles. The van der Waals surface area contributed by atoms with Crippen molar-refractivity contribution in [2.45, 2.75) is 19.8 Å². The van der Waals surface area contributed by atoms with Gasteiger partial charge in [-0.05, 0) is 48.2 Å². The second kappa shape index (κ2) is 5.22. The maximum Gasteiger partial charge on any atom is 0.205 e. The Hall–Kier alpha value is -0.570. The first-order valence-corrected chi connectivity index (χ1v) is 5.19. The van der Waals surface area contributed by atoms with Crippen molar-refractivity contribution in [2.75, 3.05) is 6.61 Å². The third kappa shape index (κ3) is 4.88. The Morgan fingerprint density at radius 2 is 2.38 bits per heavy atom. The molecule has 1 fully saturated rings. The topological polar surface area (TPSA) is 21.6 Å². The van der Waals surface area contributed by atoms with Crippen molar-refractivity contribution in [2.24, 2.45) is 10.9 Å². The van der Waals surface area contributed by atoms with E-state index in [0.717, 1.165) is 17.0 Å². The number of allylic oxidation sites excluding steroid dienone is 2. The fraction of sp³-hybridized carbons (Fsp3) is 0.500. The summed E-state index contributed by atoms with van der Waals surface area (Å²) in [6.07, 6.45) is 6.18. The Bertz CT molecular complexity index is 241. The van der Waals surface area contributed by atoms with Gasteiger partial charge in [0.05, 0.1) is 6.61 Å². The predicted octanol–water partition coefficient (Wildman–Crippen LogP) is 3.25. The molecule has 1 aliphatic rings. The van der Waals surface area contributed by atoms with E-state index in [-0.39, 0.29) is 0 Å². The summed E-state index contributed by atoms with van der Waals surface area (Å²) in [6.45, 7) is 6.39. The Labute approximate surface area is 87.5 Å². The predicted molar refractivity (Wildman–Crippen MR) is 59.0 cm³/mol. The number of aliphatic imine (C=N–C) groups is 1. The zero-order valence-corrected chi connectivity index (χ0v) is 9.38. The molecule has 0 bridgehead atoms. The summed E-state index contributed by atoms with van der Waals surface area (Å²) in [7, 11) is 0. The highest BCUT2D eigenvalue weighted by molar-refractivity contribution is 9.12. The molecule has 0 aliphatic heterocycles. The van der Waals surface area contributed by atoms with E-state index in [0.29, 0.717) is 5.88 Å². The van der Waals surface area contributed by atoms with Gasteiger partial charge in [-0.2, -0.15) is 0 Å². The normalized spacial score (nSPS) is 17.8. The summed E-state index contributed by atoms with van der Waals surface area (Å²) < 4.78 is 6.25. The third-order valence-corrected chi connectivity index (χ3v) is 2.45. The molecule has 0 heterocycles. The highest BCUT2D eigenvalue weighted by Crippen LogP contribution is 2.29. The first-order chi connectivity index (χ1) is 6.22. The van der Waals surface area contributed by atoms with Gasteiger partial charge in [0, 0.05) is 10.7 Å². The molecule has 3 heteroatoms. The van der Waals surface area contributed by atoms with Crippen LogP contribution in [-0.2, 0) is 4.74 Å². The van der Waals surface area contributed by atoms with Crippen molar-refractivity contribution in [3.05, 3.63) is 23.0 Å². The van der Waals surface area contributed by atoms with Crippen LogP contribution in [0.25, 0.3) is 0 Å². The average molecular weight is 244 g/mol. The molecule has 0 aromatic carbocycles. The van der Waals surface area contributed by atoms with Gasteiger partial charge in [0.25, 0.3) is 0 Å². The van der Waals surface area contributed by atoms with Crippen molar-refractivity contribution in [3.8, 4) is 0 Å². The minimum Gasteiger partial charge on any atom is -0.478 e. The van der Waals surface area contributed by atoms with Gasteiger partial charge in [0.2, 0.25) is 5.88 Å². The number of hydrogen-bond acceptors (Lipinski definition) is 2. The van der Waals surface area contributed by atoms with Gasteiger partial charge in [0.1, 0.15) is 0 Å². The quantitative estimate of drug-likeness (QED) is 0.537. The van der Waals surface area contributed by atoms with Crippen LogP contribution in [0, 0.1) is 5.92 Å². The molecule has 1 saturated carbocycles. The van der Waals surface area contributed by atoms with E-state index in [1.807, 2.05) is 13.0 Å². The maximum absolute atomic E-state index is 5.32. The molecule has 2 nitrogen and oxygen atoms in total. The summed E-state index contributed by atoms with van der Waals surface area (Å²) in [4.78, 5) is 4.04. The zero-order valence-electron chi connectivity index (χ0n) is 7.79. The molecule has 1 rings (SSSR count). The molecule has 0 radical (unpaired) electrons. The molecular weight excluding hydrogens is 230 g/mol. The minimum atomic E-state index is 0.491. The first kappa shape index (κ1) is 10.5. The van der Waals surface area contributed by atoms with Crippen LogP contribution in [0.5, 0.6) is 0 Å². The van der Waals surface area contributed by atoms with Crippen molar-refractivity contribution in [1.82, 2.24) is 0 Å². The molecule has 72 valence electrons. The van der Waals surface area contributed by atoms with Crippen LogP contribution in [0.3, 0.4) is 0 Å². The largest absolute Gasteiger partial charge is 0.478 e. The minimum absolute atomic E-state index is 0.491. The Morgan fingerprint density at radius 1 is 1.69 bits per heavy atom. The molecule has 0 spiro atoms. The Kier molecular flexibility index (Phi) is 4.22. The van der Waals surface area contributed by atoms with E-state index in [1.54, 1.807) is 6.21 Å². The zero-order chi connectivity index (χ0) is 9.68. The molecule has 13 heavy (non-hydrogen) atoms. The highest BCUT2D eigenvalue weighted by Gasteiger charge is 2.21. The molecule has 0 aromatic rings. The van der Waals surface area contributed by atoms with Gasteiger partial charge in [-0.25, -0.2) is 4.99 Å². The number of nitrogens with zero attached hydrogens (tertiary/aromatic N) is 1. The maximum atomic E-state index is 5.32. The summed E-state index contributed by atoms with van der Waals surface area (Å²) >= 11 is 3.31. The van der Waals surface area contributed by atoms with E-state index < -0.39 is 0 Å². The van der Waals surface area contributed by atoms with E-state index >= 15 is 0 Å². The van der Waals surface area contributed by atoms with Gasteiger partial charge in [-0.15, -0.1) is 0 Å². The van der Waals surface area contributed by atoms with Gasteiger partial charge in [0.15, 0.2) is 0 Å². The van der Waals surface area contributed by atoms with Crippen molar-refractivity contribution in [3.63, 3.8) is 0 Å². The van der Waals surface area contributed by atoms with E-state index in [4.69, 9.17) is 4.74 Å². The second-order valence-corrected chi connectivity index (χ2v) is 4.00. The van der Waals surface area contributed by atoms with Gasteiger partial charge in [-0.3, -0.25) is 0 Å². The fourth-order valence-corrected chi connectivity index (χ4v) is 0.846. The molecule has 0 N–H and O–H groups in total. The molecule has 0 saturated heterocycles. The number of ether oxygens (including phenoxy) is 1. The van der Waals surface area contributed by atoms with Gasteiger partial charge >= 0.3 is 0 Å². The molecule has 0 atom stereocenters. The first-order valence-electron chi connectivity index (χ1n) is 4.40. The van der Waals surface area contributed by atoms with Crippen LogP contribution in [0.2, 0.25) is 0 Å². The summed E-state index contributed by atoms with van der Waals surface area (Å²) in [5, 5.41) is 0. The third-order valence-electron chi connectivity index (χ3n) is 1.79. The van der Waals surface area contributed by atoms with Crippen LogP contribution in [0.15, 0.2) is 28.0 Å². The number of rotatable bonds is 5. The second-order valence-electron chi connectivity index (χ2n) is 3.08. The number of halogens is 1. The van der Waals surface area contributed by atoms with Crippen LogP contribution in [-0.4, -0.2) is 12.8 Å². The van der Waals surface area contributed by atoms with Crippen LogP contribution in [0.1, 0.15) is 19.8 Å². The van der Waals surface area contributed by atoms with Crippen LogP contribution in [0.4, 0.5) is 0 Å². The summed E-state index contributed by atoms with van der Waals surface area (Å²) in [5.74, 6) is 1.24. The van der Waals surface area contributed by atoms with Crippen molar-refractivity contribution in [1.29, 1.82) is 0 Å². The lowest BCUT2D eigenvalue weighted by molar-refractivity contribution is 0.199. The fourth-order valence-electron chi connectivity index (χ4n) is 0.744. The van der Waals surface area contributed by atoms with E-state index in [9.17, 15) is 0 Å².